The summed E-state index contributed by atoms with van der Waals surface area (Å²) in [7, 11) is 0. The van der Waals surface area contributed by atoms with Crippen molar-refractivity contribution in [2.45, 2.75) is 72.6 Å². The van der Waals surface area contributed by atoms with Gasteiger partial charge in [0.15, 0.2) is 0 Å². The molecule has 0 rings (SSSR count). The molecule has 0 unspecified atom stereocenters. The minimum absolute atomic E-state index is 0. The SMILES string of the molecule is O.O.O=C(/C=C(\O)C(F)(F)F)C(F)(F)C(F)(F)C(F)(F)F.O=C(/C=C(\O)C(F)(F)F)C(F)(F)C(F)(F)C(F)(F)F.O=C(/C=C(\O)C(F)(F)F)C(F)(F)C(F)(F)C(F)(F)F.[Pr]. The zero-order valence-electron chi connectivity index (χ0n) is 26.2. The number of halogens is 30. The standard InChI is InChI=1S/3C7H2F10O2.2H2O.Pr/c3*8-4(9,6(13,14)7(15,16)17)2(18)1-3(19)5(10,11)12;;;/h3*1,19H;2*1H2;/b3*3-1-;;;. The van der Waals surface area contributed by atoms with Crippen molar-refractivity contribution >= 4 is 17.3 Å². The number of hydrogen-bond acceptors (Lipinski definition) is 6. The maximum absolute atomic E-state index is 12.5. The second-order valence-corrected chi connectivity index (χ2v) is 9.11. The molecule has 39 heteroatoms. The molecule has 0 aliphatic rings. The molecule has 8 nitrogen and oxygen atoms in total. The summed E-state index contributed by atoms with van der Waals surface area (Å²) < 4.78 is 357. The fraction of sp³-hybridized carbons (Fsp3) is 0.571. The summed E-state index contributed by atoms with van der Waals surface area (Å²) in [5.41, 5.74) is 0. The molecule has 7 N–H and O–H groups in total. The number of ketones is 3. The average Bonchev–Trinajstić information content (AvgIpc) is 2.93. The first kappa shape index (κ1) is 68.5. The van der Waals surface area contributed by atoms with Crippen LogP contribution in [0.25, 0.3) is 0 Å². The van der Waals surface area contributed by atoms with Gasteiger partial charge in [-0.3, -0.25) is 14.4 Å². The van der Waals surface area contributed by atoms with Gasteiger partial charge in [0.05, 0.1) is 0 Å². The van der Waals surface area contributed by atoms with Crippen molar-refractivity contribution in [2.24, 2.45) is 0 Å². The summed E-state index contributed by atoms with van der Waals surface area (Å²) in [6, 6.07) is 0. The molecule has 0 heterocycles. The van der Waals surface area contributed by atoms with E-state index in [1.807, 2.05) is 0 Å². The smallest absolute Gasteiger partial charge is 0.460 e. The van der Waals surface area contributed by atoms with E-state index >= 15 is 0 Å². The van der Waals surface area contributed by atoms with Crippen LogP contribution in [0.4, 0.5) is 132 Å². The third-order valence-electron chi connectivity index (χ3n) is 4.85. The first-order valence-electron chi connectivity index (χ1n) is 11.7. The average molecular weight is 1100 g/mol. The van der Waals surface area contributed by atoms with Crippen molar-refractivity contribution < 1.29 is 214 Å². The van der Waals surface area contributed by atoms with Gasteiger partial charge < -0.3 is 26.3 Å². The fourth-order valence-corrected chi connectivity index (χ4v) is 1.89. The molecule has 0 fully saturated rings. The van der Waals surface area contributed by atoms with Crippen molar-refractivity contribution in [1.82, 2.24) is 0 Å². The Kier molecular flexibility index (Phi) is 23.7. The predicted molar refractivity (Wildman–Crippen MR) is 120 cm³/mol. The third-order valence-corrected chi connectivity index (χ3v) is 4.85. The Morgan fingerprint density at radius 2 is 0.417 bits per heavy atom. The zero-order chi connectivity index (χ0) is 47.6. The van der Waals surface area contributed by atoms with E-state index in [0.29, 0.717) is 0 Å². The van der Waals surface area contributed by atoms with Gasteiger partial charge in [0.25, 0.3) is 0 Å². The first-order valence-corrected chi connectivity index (χ1v) is 11.7. The molecule has 0 amide bonds. The van der Waals surface area contributed by atoms with Gasteiger partial charge >= 0.3 is 72.6 Å². The van der Waals surface area contributed by atoms with Gasteiger partial charge in [-0.2, -0.15) is 132 Å². The van der Waals surface area contributed by atoms with Crippen molar-refractivity contribution in [3.63, 3.8) is 0 Å². The number of rotatable bonds is 9. The monoisotopic (exact) mass is 1100 g/mol. The normalized spacial score (nSPS) is 14.8. The zero-order valence-corrected chi connectivity index (χ0v) is 29.9. The van der Waals surface area contributed by atoms with Crippen LogP contribution in [-0.4, -0.2) is 116 Å². The minimum atomic E-state index is -6.89. The van der Waals surface area contributed by atoms with Gasteiger partial charge in [0.2, 0.25) is 34.6 Å². The van der Waals surface area contributed by atoms with Crippen LogP contribution in [0.5, 0.6) is 0 Å². The largest absolute Gasteiger partial charge is 0.504 e. The summed E-state index contributed by atoms with van der Waals surface area (Å²) in [6.45, 7) is 0. The van der Waals surface area contributed by atoms with E-state index in [9.17, 15) is 146 Å². The minimum Gasteiger partial charge on any atom is -0.504 e. The second kappa shape index (κ2) is 20.8. The summed E-state index contributed by atoms with van der Waals surface area (Å²) in [5.74, 6) is -59.9. The molecule has 0 spiro atoms. The quantitative estimate of drug-likeness (QED) is 0.119. The van der Waals surface area contributed by atoms with E-state index in [2.05, 4.69) is 0 Å². The summed E-state index contributed by atoms with van der Waals surface area (Å²) in [4.78, 5) is 31.0. The second-order valence-electron chi connectivity index (χ2n) is 9.11. The number of hydrogen-bond donors (Lipinski definition) is 3. The molecule has 0 saturated carbocycles. The first-order chi connectivity index (χ1) is 24.1. The number of aliphatic hydroxyl groups is 3. The summed E-state index contributed by atoms with van der Waals surface area (Å²) in [6.07, 6.45) is -42.2. The van der Waals surface area contributed by atoms with Crippen LogP contribution in [0.15, 0.2) is 35.5 Å². The molecule has 0 aromatic heterocycles. The Labute approximate surface area is 338 Å². The Morgan fingerprint density at radius 3 is 0.500 bits per heavy atom. The van der Waals surface area contributed by atoms with Crippen LogP contribution in [0.3, 0.4) is 0 Å². The molecule has 0 aromatic rings. The summed E-state index contributed by atoms with van der Waals surface area (Å²) in [5, 5.41) is 24.1. The van der Waals surface area contributed by atoms with Crippen LogP contribution in [0, 0.1) is 41.3 Å². The number of alkyl halides is 30. The Balaban J connectivity index is -0.000000178. The van der Waals surface area contributed by atoms with Gasteiger partial charge in [-0.1, -0.05) is 0 Å². The van der Waals surface area contributed by atoms with E-state index in [4.69, 9.17) is 15.3 Å². The van der Waals surface area contributed by atoms with Gasteiger partial charge in [0, 0.05) is 59.5 Å². The van der Waals surface area contributed by atoms with Gasteiger partial charge in [-0.25, -0.2) is 0 Å². The number of allylic oxidation sites excluding steroid dienone is 6. The maximum Gasteiger partial charge on any atom is 0.460 e. The van der Waals surface area contributed by atoms with Crippen LogP contribution >= 0.6 is 0 Å². The van der Waals surface area contributed by atoms with Crippen LogP contribution in [0.2, 0.25) is 0 Å². The van der Waals surface area contributed by atoms with Crippen LogP contribution < -0.4 is 0 Å². The molecular formula is C21H10F30O8Pr. The Bertz CT molecular complexity index is 1360. The van der Waals surface area contributed by atoms with Crippen molar-refractivity contribution in [1.29, 1.82) is 0 Å². The van der Waals surface area contributed by atoms with Crippen molar-refractivity contribution in [3.8, 4) is 0 Å². The summed E-state index contributed by atoms with van der Waals surface area (Å²) >= 11 is 0. The number of carbonyl (C=O) groups excluding carboxylic acids is 3. The van der Waals surface area contributed by atoms with E-state index in [-0.39, 0.29) is 52.2 Å². The number of carbonyl (C=O) groups is 3. The topological polar surface area (TPSA) is 175 Å². The predicted octanol–water partition coefficient (Wildman–Crippen LogP) is 8.53. The molecule has 0 bridgehead atoms. The van der Waals surface area contributed by atoms with E-state index in [1.54, 1.807) is 0 Å². The molecule has 0 aliphatic carbocycles. The third kappa shape index (κ3) is 16.3. The van der Waals surface area contributed by atoms with Gasteiger partial charge in [-0.15, -0.1) is 0 Å². The molecule has 1 radical (unpaired) electrons. The van der Waals surface area contributed by atoms with Gasteiger partial charge in [0.1, 0.15) is 0 Å². The molecule has 0 saturated heterocycles. The molecular weight excluding hydrogens is 1090 g/mol. The van der Waals surface area contributed by atoms with Crippen LogP contribution in [-0.2, 0) is 14.4 Å². The number of aliphatic hydroxyl groups excluding tert-OH is 3. The van der Waals surface area contributed by atoms with Crippen molar-refractivity contribution in [2.75, 3.05) is 0 Å². The Morgan fingerprint density at radius 1 is 0.300 bits per heavy atom. The molecule has 0 aliphatic heterocycles. The van der Waals surface area contributed by atoms with E-state index in [0.717, 1.165) is 0 Å². The molecule has 0 aromatic carbocycles. The fourth-order valence-electron chi connectivity index (χ4n) is 1.89. The Hall–Kier alpha value is -3.19. The van der Waals surface area contributed by atoms with Crippen molar-refractivity contribution in [3.05, 3.63) is 35.5 Å². The molecule has 60 heavy (non-hydrogen) atoms. The van der Waals surface area contributed by atoms with E-state index < -0.39 is 125 Å². The maximum atomic E-state index is 12.5. The van der Waals surface area contributed by atoms with Crippen LogP contribution in [0.1, 0.15) is 0 Å². The van der Waals surface area contributed by atoms with Gasteiger partial charge in [-0.05, 0) is 0 Å². The molecule has 355 valence electrons. The molecule has 0 atom stereocenters. The van der Waals surface area contributed by atoms with E-state index in [1.165, 1.54) is 0 Å².